The van der Waals surface area contributed by atoms with Crippen molar-refractivity contribution in [2.75, 3.05) is 42.2 Å². The summed E-state index contributed by atoms with van der Waals surface area (Å²) in [6, 6.07) is 14.6. The van der Waals surface area contributed by atoms with Crippen LogP contribution in [-0.2, 0) is 21.2 Å². The third-order valence-corrected chi connectivity index (χ3v) is 7.99. The monoisotopic (exact) mass is 501 g/mol. The topological polar surface area (TPSA) is 82.4 Å². The van der Waals surface area contributed by atoms with Crippen molar-refractivity contribution in [3.8, 4) is 0 Å². The Kier molecular flexibility index (Phi) is 9.71. The van der Waals surface area contributed by atoms with Gasteiger partial charge >= 0.3 is 0 Å². The SMILES string of the molecule is CCc1ccc(N(CC(C)C)S(=O)(=O)c2ccc(N(CC3CCOCC3)/N=C(\C)CO)cc2)cc1. The molecule has 0 bridgehead atoms. The van der Waals surface area contributed by atoms with Gasteiger partial charge in [0.05, 0.1) is 28.6 Å². The van der Waals surface area contributed by atoms with Gasteiger partial charge < -0.3 is 9.84 Å². The smallest absolute Gasteiger partial charge is 0.264 e. The van der Waals surface area contributed by atoms with E-state index in [9.17, 15) is 13.5 Å². The summed E-state index contributed by atoms with van der Waals surface area (Å²) in [6.45, 7) is 10.3. The van der Waals surface area contributed by atoms with Crippen LogP contribution in [-0.4, -0.2) is 52.1 Å². The maximum atomic E-state index is 13.7. The fourth-order valence-corrected chi connectivity index (χ4v) is 5.73. The zero-order valence-corrected chi connectivity index (χ0v) is 22.2. The number of rotatable bonds is 11. The summed E-state index contributed by atoms with van der Waals surface area (Å²) in [5.41, 5.74) is 3.24. The summed E-state index contributed by atoms with van der Waals surface area (Å²) in [4.78, 5) is 0.246. The van der Waals surface area contributed by atoms with Gasteiger partial charge in [-0.25, -0.2) is 8.42 Å². The van der Waals surface area contributed by atoms with E-state index in [1.165, 1.54) is 9.87 Å². The van der Waals surface area contributed by atoms with E-state index in [-0.39, 0.29) is 17.4 Å². The Morgan fingerprint density at radius 1 is 1.06 bits per heavy atom. The van der Waals surface area contributed by atoms with Crippen LogP contribution < -0.4 is 9.31 Å². The quantitative estimate of drug-likeness (QED) is 0.356. The second kappa shape index (κ2) is 12.5. The number of benzene rings is 2. The third kappa shape index (κ3) is 7.29. The van der Waals surface area contributed by atoms with E-state index >= 15 is 0 Å². The molecule has 0 spiro atoms. The van der Waals surface area contributed by atoms with E-state index in [1.807, 2.05) is 43.1 Å². The van der Waals surface area contributed by atoms with Gasteiger partial charge in [0, 0.05) is 26.3 Å². The summed E-state index contributed by atoms with van der Waals surface area (Å²) >= 11 is 0. The van der Waals surface area contributed by atoms with Crippen molar-refractivity contribution in [2.24, 2.45) is 16.9 Å². The molecule has 0 saturated carbocycles. The number of aliphatic hydroxyl groups is 1. The summed E-state index contributed by atoms with van der Waals surface area (Å²) in [7, 11) is -3.74. The lowest BCUT2D eigenvalue weighted by Gasteiger charge is -2.29. The fourth-order valence-electron chi connectivity index (χ4n) is 4.10. The van der Waals surface area contributed by atoms with Crippen LogP contribution in [0.4, 0.5) is 11.4 Å². The van der Waals surface area contributed by atoms with Crippen molar-refractivity contribution in [1.82, 2.24) is 0 Å². The molecule has 0 radical (unpaired) electrons. The van der Waals surface area contributed by atoms with E-state index in [2.05, 4.69) is 12.0 Å². The maximum absolute atomic E-state index is 13.7. The van der Waals surface area contributed by atoms with Crippen LogP contribution in [0.15, 0.2) is 58.5 Å². The molecule has 0 amide bonds. The molecule has 1 fully saturated rings. The number of aryl methyl sites for hydroxylation is 1. The summed E-state index contributed by atoms with van der Waals surface area (Å²) in [5.74, 6) is 0.593. The maximum Gasteiger partial charge on any atom is 0.264 e. The number of hydrogen-bond donors (Lipinski definition) is 1. The first-order valence-electron chi connectivity index (χ1n) is 12.5. The van der Waals surface area contributed by atoms with E-state index < -0.39 is 10.0 Å². The van der Waals surface area contributed by atoms with E-state index in [0.29, 0.717) is 30.4 Å². The molecule has 35 heavy (non-hydrogen) atoms. The molecule has 7 nitrogen and oxygen atoms in total. The number of anilines is 2. The Morgan fingerprint density at radius 3 is 2.20 bits per heavy atom. The molecule has 1 N–H and O–H groups in total. The van der Waals surface area contributed by atoms with Crippen LogP contribution in [0.2, 0.25) is 0 Å². The lowest BCUT2D eigenvalue weighted by atomic mass is 10.00. The van der Waals surface area contributed by atoms with Crippen LogP contribution in [0.3, 0.4) is 0 Å². The predicted octanol–water partition coefficient (Wildman–Crippen LogP) is 4.70. The van der Waals surface area contributed by atoms with Gasteiger partial charge in [0.15, 0.2) is 0 Å². The molecular formula is C27H39N3O4S. The van der Waals surface area contributed by atoms with E-state index in [1.54, 1.807) is 31.2 Å². The Bertz CT molecular complexity index is 1060. The van der Waals surface area contributed by atoms with Crippen LogP contribution >= 0.6 is 0 Å². The van der Waals surface area contributed by atoms with Gasteiger partial charge in [0.2, 0.25) is 0 Å². The molecule has 1 aliphatic rings. The normalized spacial score (nSPS) is 15.4. The zero-order chi connectivity index (χ0) is 25.4. The van der Waals surface area contributed by atoms with Crippen molar-refractivity contribution >= 4 is 27.1 Å². The highest BCUT2D eigenvalue weighted by atomic mass is 32.2. The molecule has 2 aromatic carbocycles. The van der Waals surface area contributed by atoms with Crippen molar-refractivity contribution in [1.29, 1.82) is 0 Å². The Morgan fingerprint density at radius 2 is 1.66 bits per heavy atom. The van der Waals surface area contributed by atoms with E-state index in [0.717, 1.165) is 38.2 Å². The minimum atomic E-state index is -3.74. The first kappa shape index (κ1) is 27.2. The van der Waals surface area contributed by atoms with Gasteiger partial charge in [-0.1, -0.05) is 32.9 Å². The van der Waals surface area contributed by atoms with Gasteiger partial charge in [-0.3, -0.25) is 9.31 Å². The van der Waals surface area contributed by atoms with Crippen LogP contribution in [0.1, 0.15) is 46.1 Å². The minimum absolute atomic E-state index is 0.127. The molecule has 1 saturated heterocycles. The average molecular weight is 502 g/mol. The second-order valence-electron chi connectivity index (χ2n) is 9.58. The van der Waals surface area contributed by atoms with Crippen molar-refractivity contribution in [2.45, 2.75) is 51.9 Å². The summed E-state index contributed by atoms with van der Waals surface area (Å²) in [6.07, 6.45) is 2.82. The molecule has 2 aromatic rings. The molecular weight excluding hydrogens is 462 g/mol. The molecule has 1 heterocycles. The molecule has 0 atom stereocenters. The van der Waals surface area contributed by atoms with Crippen molar-refractivity contribution in [3.63, 3.8) is 0 Å². The lowest BCUT2D eigenvalue weighted by molar-refractivity contribution is 0.0682. The van der Waals surface area contributed by atoms with Gasteiger partial charge in [0.25, 0.3) is 10.0 Å². The van der Waals surface area contributed by atoms with Gasteiger partial charge in [-0.2, -0.15) is 5.10 Å². The fraction of sp³-hybridized carbons (Fsp3) is 0.519. The van der Waals surface area contributed by atoms with Gasteiger partial charge in [-0.15, -0.1) is 0 Å². The molecule has 1 aliphatic heterocycles. The van der Waals surface area contributed by atoms with Crippen molar-refractivity contribution in [3.05, 3.63) is 54.1 Å². The summed E-state index contributed by atoms with van der Waals surface area (Å²) in [5, 5.41) is 16.0. The minimum Gasteiger partial charge on any atom is -0.390 e. The number of nitrogens with zero attached hydrogens (tertiary/aromatic N) is 3. The molecule has 0 aromatic heterocycles. The van der Waals surface area contributed by atoms with Gasteiger partial charge in [-0.05, 0) is 80.0 Å². The number of aliphatic hydroxyl groups excluding tert-OH is 1. The number of hydrazone groups is 1. The second-order valence-corrected chi connectivity index (χ2v) is 11.4. The number of ether oxygens (including phenoxy) is 1. The van der Waals surface area contributed by atoms with Crippen molar-refractivity contribution < 1.29 is 18.3 Å². The number of hydrogen-bond acceptors (Lipinski definition) is 6. The highest BCUT2D eigenvalue weighted by molar-refractivity contribution is 7.92. The largest absolute Gasteiger partial charge is 0.390 e. The molecule has 3 rings (SSSR count). The standard InChI is InChI=1S/C27H39N3O4S/c1-5-23-6-8-26(9-7-23)30(18-21(2)3)35(32,33)27-12-10-25(11-13-27)29(28-22(4)20-31)19-24-14-16-34-17-15-24/h6-13,21,24,31H,5,14-20H2,1-4H3/b28-22+. The molecule has 8 heteroatoms. The highest BCUT2D eigenvalue weighted by Gasteiger charge is 2.26. The Hall–Kier alpha value is -2.42. The lowest BCUT2D eigenvalue weighted by Crippen LogP contribution is -2.34. The molecule has 192 valence electrons. The third-order valence-electron chi connectivity index (χ3n) is 6.18. The number of sulfonamides is 1. The molecule has 0 unspecified atom stereocenters. The van der Waals surface area contributed by atoms with E-state index in [4.69, 9.17) is 4.74 Å². The summed E-state index contributed by atoms with van der Waals surface area (Å²) < 4.78 is 34.3. The van der Waals surface area contributed by atoms with Crippen LogP contribution in [0.25, 0.3) is 0 Å². The zero-order valence-electron chi connectivity index (χ0n) is 21.4. The van der Waals surface area contributed by atoms with Crippen LogP contribution in [0, 0.1) is 11.8 Å². The first-order chi connectivity index (χ1) is 16.7. The van der Waals surface area contributed by atoms with Crippen LogP contribution in [0.5, 0.6) is 0 Å². The Labute approximate surface area is 210 Å². The first-order valence-corrected chi connectivity index (χ1v) is 13.9. The predicted molar refractivity (Wildman–Crippen MR) is 143 cm³/mol. The average Bonchev–Trinajstić information content (AvgIpc) is 2.87. The van der Waals surface area contributed by atoms with Gasteiger partial charge in [0.1, 0.15) is 0 Å². The highest BCUT2D eigenvalue weighted by Crippen LogP contribution is 2.28. The Balaban J connectivity index is 1.89. The molecule has 0 aliphatic carbocycles.